The zero-order chi connectivity index (χ0) is 19.2. The summed E-state index contributed by atoms with van der Waals surface area (Å²) in [4.78, 5) is 16.2. The summed E-state index contributed by atoms with van der Waals surface area (Å²) in [7, 11) is 0. The van der Waals surface area contributed by atoms with E-state index < -0.39 is 0 Å². The van der Waals surface area contributed by atoms with Crippen LogP contribution in [0.15, 0.2) is 60.0 Å². The first-order valence-corrected chi connectivity index (χ1v) is 10.1. The molecule has 0 fully saturated rings. The number of benzene rings is 1. The van der Waals surface area contributed by atoms with Gasteiger partial charge in [-0.25, -0.2) is 5.43 Å². The number of hydrogen-bond donors (Lipinski definition) is 1. The fourth-order valence-corrected chi connectivity index (χ4v) is 3.00. The molecular formula is C23H31N3O. The maximum atomic E-state index is 12.2. The lowest BCUT2D eigenvalue weighted by molar-refractivity contribution is -0.121. The highest BCUT2D eigenvalue weighted by Gasteiger charge is 2.08. The SMILES string of the molecule is CCCCCCCCCCC(=O)NN=C(c1ccccc1)c1ccncc1. The number of amides is 1. The molecular weight excluding hydrogens is 334 g/mol. The Labute approximate surface area is 163 Å². The smallest absolute Gasteiger partial charge is 0.240 e. The molecule has 0 spiro atoms. The van der Waals surface area contributed by atoms with Crippen molar-refractivity contribution < 1.29 is 4.79 Å². The molecule has 0 saturated heterocycles. The fraction of sp³-hybridized carbons (Fsp3) is 0.435. The second-order valence-corrected chi connectivity index (χ2v) is 6.82. The number of pyridine rings is 1. The van der Waals surface area contributed by atoms with Crippen LogP contribution in [0.2, 0.25) is 0 Å². The second kappa shape index (κ2) is 12.8. The van der Waals surface area contributed by atoms with Gasteiger partial charge in [-0.1, -0.05) is 82.2 Å². The van der Waals surface area contributed by atoms with E-state index in [1.807, 2.05) is 42.5 Å². The summed E-state index contributed by atoms with van der Waals surface area (Å²) in [6.45, 7) is 2.24. The maximum absolute atomic E-state index is 12.2. The molecule has 0 bridgehead atoms. The Balaban J connectivity index is 1.81. The number of aromatic nitrogens is 1. The number of rotatable bonds is 12. The van der Waals surface area contributed by atoms with Gasteiger partial charge in [-0.05, 0) is 18.6 Å². The zero-order valence-corrected chi connectivity index (χ0v) is 16.4. The fourth-order valence-electron chi connectivity index (χ4n) is 3.00. The maximum Gasteiger partial charge on any atom is 0.240 e. The van der Waals surface area contributed by atoms with Crippen molar-refractivity contribution in [1.82, 2.24) is 10.4 Å². The van der Waals surface area contributed by atoms with Crippen molar-refractivity contribution in [2.75, 3.05) is 0 Å². The van der Waals surface area contributed by atoms with Gasteiger partial charge in [-0.15, -0.1) is 0 Å². The van der Waals surface area contributed by atoms with E-state index in [-0.39, 0.29) is 5.91 Å². The van der Waals surface area contributed by atoms with Gasteiger partial charge in [0.05, 0.1) is 5.71 Å². The molecule has 1 N–H and O–H groups in total. The lowest BCUT2D eigenvalue weighted by Crippen LogP contribution is -2.20. The number of hydrogen-bond acceptors (Lipinski definition) is 3. The predicted molar refractivity (Wildman–Crippen MR) is 112 cm³/mol. The number of unbranched alkanes of at least 4 members (excludes halogenated alkanes) is 7. The summed E-state index contributed by atoms with van der Waals surface area (Å²) in [5.41, 5.74) is 5.38. The Bertz CT molecular complexity index is 642. The van der Waals surface area contributed by atoms with Crippen molar-refractivity contribution in [3.63, 3.8) is 0 Å². The van der Waals surface area contributed by atoms with Gasteiger partial charge in [0.25, 0.3) is 0 Å². The molecule has 144 valence electrons. The summed E-state index contributed by atoms with van der Waals surface area (Å²) in [5.74, 6) is -0.0246. The van der Waals surface area contributed by atoms with E-state index in [9.17, 15) is 4.79 Å². The van der Waals surface area contributed by atoms with Crippen LogP contribution < -0.4 is 5.43 Å². The van der Waals surface area contributed by atoms with Crippen molar-refractivity contribution in [3.05, 3.63) is 66.0 Å². The van der Waals surface area contributed by atoms with Gasteiger partial charge < -0.3 is 0 Å². The molecule has 4 heteroatoms. The van der Waals surface area contributed by atoms with E-state index in [4.69, 9.17) is 0 Å². The molecule has 1 aromatic heterocycles. The molecule has 0 aliphatic heterocycles. The molecule has 2 aromatic rings. The Morgan fingerprint density at radius 2 is 1.44 bits per heavy atom. The van der Waals surface area contributed by atoms with Crippen LogP contribution in [-0.2, 0) is 4.79 Å². The number of nitrogens with one attached hydrogen (secondary N) is 1. The quantitative estimate of drug-likeness (QED) is 0.307. The van der Waals surface area contributed by atoms with Gasteiger partial charge in [-0.3, -0.25) is 9.78 Å². The molecule has 4 nitrogen and oxygen atoms in total. The van der Waals surface area contributed by atoms with Gasteiger partial charge in [0.2, 0.25) is 5.91 Å². The molecule has 0 aliphatic rings. The van der Waals surface area contributed by atoms with Crippen LogP contribution in [0.3, 0.4) is 0 Å². The number of hydrazone groups is 1. The summed E-state index contributed by atoms with van der Waals surface area (Å²) in [5, 5.41) is 4.40. The van der Waals surface area contributed by atoms with E-state index in [0.29, 0.717) is 6.42 Å². The predicted octanol–water partition coefficient (Wildman–Crippen LogP) is 5.48. The van der Waals surface area contributed by atoms with E-state index in [0.717, 1.165) is 29.7 Å². The molecule has 0 unspecified atom stereocenters. The highest BCUT2D eigenvalue weighted by atomic mass is 16.2. The third kappa shape index (κ3) is 8.16. The largest absolute Gasteiger partial charge is 0.273 e. The van der Waals surface area contributed by atoms with Crippen LogP contribution in [0.1, 0.15) is 75.8 Å². The monoisotopic (exact) mass is 365 g/mol. The van der Waals surface area contributed by atoms with Crippen LogP contribution in [0, 0.1) is 0 Å². The molecule has 1 heterocycles. The van der Waals surface area contributed by atoms with Gasteiger partial charge in [0.1, 0.15) is 0 Å². The van der Waals surface area contributed by atoms with Crippen LogP contribution >= 0.6 is 0 Å². The minimum Gasteiger partial charge on any atom is -0.273 e. The highest BCUT2D eigenvalue weighted by Crippen LogP contribution is 2.11. The second-order valence-electron chi connectivity index (χ2n) is 6.82. The normalized spacial score (nSPS) is 11.4. The van der Waals surface area contributed by atoms with Gasteiger partial charge >= 0.3 is 0 Å². The van der Waals surface area contributed by atoms with E-state index in [1.54, 1.807) is 12.4 Å². The van der Waals surface area contributed by atoms with Gasteiger partial charge in [-0.2, -0.15) is 5.10 Å². The lowest BCUT2D eigenvalue weighted by Gasteiger charge is -2.08. The van der Waals surface area contributed by atoms with Crippen molar-refractivity contribution in [3.8, 4) is 0 Å². The number of carbonyl (C=O) groups excluding carboxylic acids is 1. The Morgan fingerprint density at radius 3 is 2.11 bits per heavy atom. The topological polar surface area (TPSA) is 54.4 Å². The molecule has 0 saturated carbocycles. The minimum absolute atomic E-state index is 0.0246. The number of nitrogens with zero attached hydrogens (tertiary/aromatic N) is 2. The van der Waals surface area contributed by atoms with E-state index in [1.165, 1.54) is 38.5 Å². The molecule has 27 heavy (non-hydrogen) atoms. The van der Waals surface area contributed by atoms with Crippen molar-refractivity contribution in [2.24, 2.45) is 5.10 Å². The minimum atomic E-state index is -0.0246. The molecule has 2 rings (SSSR count). The Morgan fingerprint density at radius 1 is 0.852 bits per heavy atom. The summed E-state index contributed by atoms with van der Waals surface area (Å²) in [6.07, 6.45) is 13.8. The number of carbonyl (C=O) groups is 1. The van der Waals surface area contributed by atoms with Crippen molar-refractivity contribution in [1.29, 1.82) is 0 Å². The van der Waals surface area contributed by atoms with Crippen LogP contribution in [0.25, 0.3) is 0 Å². The molecule has 1 aromatic carbocycles. The average molecular weight is 366 g/mol. The summed E-state index contributed by atoms with van der Waals surface area (Å²) >= 11 is 0. The van der Waals surface area contributed by atoms with Crippen LogP contribution in [0.5, 0.6) is 0 Å². The van der Waals surface area contributed by atoms with Gasteiger partial charge in [0.15, 0.2) is 0 Å². The lowest BCUT2D eigenvalue weighted by atomic mass is 10.0. The summed E-state index contributed by atoms with van der Waals surface area (Å²) in [6, 6.07) is 13.7. The Hall–Kier alpha value is -2.49. The molecule has 0 radical (unpaired) electrons. The molecule has 0 aliphatic carbocycles. The van der Waals surface area contributed by atoms with E-state index >= 15 is 0 Å². The molecule has 1 amide bonds. The van der Waals surface area contributed by atoms with Crippen molar-refractivity contribution >= 4 is 11.6 Å². The third-order valence-electron chi connectivity index (χ3n) is 4.55. The van der Waals surface area contributed by atoms with Crippen LogP contribution in [-0.4, -0.2) is 16.6 Å². The first kappa shape index (κ1) is 20.8. The summed E-state index contributed by atoms with van der Waals surface area (Å²) < 4.78 is 0. The average Bonchev–Trinajstić information content (AvgIpc) is 2.72. The Kier molecular flexibility index (Phi) is 9.87. The van der Waals surface area contributed by atoms with Crippen LogP contribution in [0.4, 0.5) is 0 Å². The molecule has 0 atom stereocenters. The van der Waals surface area contributed by atoms with Gasteiger partial charge in [0, 0.05) is 29.9 Å². The zero-order valence-electron chi connectivity index (χ0n) is 16.4. The van der Waals surface area contributed by atoms with Crippen molar-refractivity contribution in [2.45, 2.75) is 64.7 Å². The first-order valence-electron chi connectivity index (χ1n) is 10.1. The highest BCUT2D eigenvalue weighted by molar-refractivity contribution is 6.13. The third-order valence-corrected chi connectivity index (χ3v) is 4.55. The van der Waals surface area contributed by atoms with E-state index in [2.05, 4.69) is 22.4 Å². The first-order chi connectivity index (χ1) is 13.3. The standard InChI is InChI=1S/C23H31N3O/c1-2-3-4-5-6-7-8-12-15-22(27)25-26-23(20-13-10-9-11-14-20)21-16-18-24-19-17-21/h9-11,13-14,16-19H,2-8,12,15H2,1H3,(H,25,27).